The highest BCUT2D eigenvalue weighted by Gasteiger charge is 1.95. The van der Waals surface area contributed by atoms with Crippen LogP contribution in [0.2, 0.25) is 0 Å². The number of amides is 2. The van der Waals surface area contributed by atoms with Crippen LogP contribution in [0, 0.1) is 0 Å². The Morgan fingerprint density at radius 1 is 1.05 bits per heavy atom. The number of nitrogens with one attached hydrogen (secondary N) is 2. The van der Waals surface area contributed by atoms with Crippen LogP contribution in [0.5, 0.6) is 0 Å². The lowest BCUT2D eigenvalue weighted by Crippen LogP contribution is -2.14. The van der Waals surface area contributed by atoms with Crippen LogP contribution < -0.4 is 10.7 Å². The van der Waals surface area contributed by atoms with Gasteiger partial charge in [-0.25, -0.2) is 4.79 Å². The fourth-order valence-corrected chi connectivity index (χ4v) is 1.14. The van der Waals surface area contributed by atoms with E-state index in [2.05, 4.69) is 40.6 Å². The molecule has 0 heterocycles. The Labute approximate surface area is 131 Å². The minimum absolute atomic E-state index is 0.423. The van der Waals surface area contributed by atoms with Gasteiger partial charge < -0.3 is 5.32 Å². The first-order valence-electron chi connectivity index (χ1n) is 6.63. The van der Waals surface area contributed by atoms with Crippen molar-refractivity contribution in [2.24, 2.45) is 10.1 Å². The Kier molecular flexibility index (Phi) is 10.3. The smallest absolute Gasteiger partial charge is 0.339 e. The molecule has 0 radical (unpaired) electrons. The summed E-state index contributed by atoms with van der Waals surface area (Å²) in [5.74, 6) is 0. The van der Waals surface area contributed by atoms with Crippen molar-refractivity contribution in [1.82, 2.24) is 10.7 Å². The van der Waals surface area contributed by atoms with Crippen molar-refractivity contribution in [3.05, 3.63) is 74.0 Å². The highest BCUT2D eigenvalue weighted by Crippen LogP contribution is 1.94. The molecule has 2 N–H and O–H groups in total. The van der Waals surface area contributed by atoms with E-state index in [9.17, 15) is 4.79 Å². The predicted octanol–water partition coefficient (Wildman–Crippen LogP) is 3.29. The number of nitrogens with zero attached hydrogens (tertiary/aromatic N) is 2. The summed E-state index contributed by atoms with van der Waals surface area (Å²) in [5.41, 5.74) is 4.72. The lowest BCUT2D eigenvalue weighted by molar-refractivity contribution is 0.251. The van der Waals surface area contributed by atoms with Gasteiger partial charge >= 0.3 is 6.03 Å². The normalized spacial score (nSPS) is 13.3. The summed E-state index contributed by atoms with van der Waals surface area (Å²) in [5, 5.41) is 6.59. The number of hydrogen-bond donors (Lipinski definition) is 2. The van der Waals surface area contributed by atoms with E-state index in [0.717, 1.165) is 5.70 Å². The molecule has 0 aromatic rings. The largest absolute Gasteiger partial charge is 0.341 e. The topological polar surface area (TPSA) is 65.8 Å². The summed E-state index contributed by atoms with van der Waals surface area (Å²) in [4.78, 5) is 15.0. The average molecular weight is 298 g/mol. The summed E-state index contributed by atoms with van der Waals surface area (Å²) in [7, 11) is 1.51. The molecule has 0 unspecified atom stereocenters. The van der Waals surface area contributed by atoms with Gasteiger partial charge in [0.2, 0.25) is 0 Å². The Bertz CT molecular complexity index is 563. The lowest BCUT2D eigenvalue weighted by atomic mass is 10.2. The molecule has 0 bridgehead atoms. The summed E-state index contributed by atoms with van der Waals surface area (Å²) in [6.45, 7) is 12.8. The van der Waals surface area contributed by atoms with E-state index in [4.69, 9.17) is 0 Å². The molecule has 0 aromatic carbocycles. The molecule has 0 atom stereocenters. The number of hydrogen-bond acceptors (Lipinski definition) is 3. The third kappa shape index (κ3) is 8.27. The van der Waals surface area contributed by atoms with E-state index in [1.807, 2.05) is 19.1 Å². The number of carbonyl (C=O) groups excluding carboxylic acids is 1. The lowest BCUT2D eigenvalue weighted by Gasteiger charge is -2.01. The summed E-state index contributed by atoms with van der Waals surface area (Å²) >= 11 is 0. The van der Waals surface area contributed by atoms with E-state index in [0.29, 0.717) is 11.4 Å². The molecule has 0 saturated carbocycles. The minimum atomic E-state index is -0.444. The first kappa shape index (κ1) is 19.1. The van der Waals surface area contributed by atoms with Gasteiger partial charge in [-0.05, 0) is 37.3 Å². The van der Waals surface area contributed by atoms with Gasteiger partial charge in [0, 0.05) is 7.05 Å². The molecule has 116 valence electrons. The van der Waals surface area contributed by atoms with Crippen LogP contribution in [0.25, 0.3) is 0 Å². The third-order valence-corrected chi connectivity index (χ3v) is 2.32. The van der Waals surface area contributed by atoms with Gasteiger partial charge in [0.15, 0.2) is 0 Å². The Hall–Kier alpha value is -2.95. The number of carbonyl (C=O) groups is 1. The first-order chi connectivity index (χ1) is 10.6. The molecule has 5 heteroatoms. The van der Waals surface area contributed by atoms with Crippen LogP contribution in [-0.4, -0.2) is 24.5 Å². The van der Waals surface area contributed by atoms with Crippen molar-refractivity contribution >= 4 is 17.5 Å². The summed E-state index contributed by atoms with van der Waals surface area (Å²) < 4.78 is 0. The van der Waals surface area contributed by atoms with Crippen LogP contribution in [0.3, 0.4) is 0 Å². The number of rotatable bonds is 8. The molecule has 0 aliphatic carbocycles. The van der Waals surface area contributed by atoms with Gasteiger partial charge in [0.25, 0.3) is 0 Å². The van der Waals surface area contributed by atoms with E-state index < -0.39 is 6.03 Å². The Balaban J connectivity index is 5.04. The molecule has 22 heavy (non-hydrogen) atoms. The number of allylic oxidation sites excluding steroid dienone is 8. The zero-order chi connectivity index (χ0) is 16.8. The standard InChI is InChI=1S/C17H22N4O/c1-6-10-11-15(8-3)20-21-16(9-4)13-12-14(7-2)19-17(22)18-5/h6-13,20H,1-2,4H2,3,5H3,(H,18,22)/b11-10-,13-12?,15-8+,19-14?,21-16?. The molecule has 0 rings (SSSR count). The molecule has 0 saturated heterocycles. The van der Waals surface area contributed by atoms with Gasteiger partial charge in [0.05, 0.1) is 17.1 Å². The van der Waals surface area contributed by atoms with Crippen molar-refractivity contribution in [3.63, 3.8) is 0 Å². The molecule has 0 aliphatic heterocycles. The summed E-state index contributed by atoms with van der Waals surface area (Å²) in [6, 6.07) is -0.444. The van der Waals surface area contributed by atoms with Crippen molar-refractivity contribution in [1.29, 1.82) is 0 Å². The molecule has 2 amide bonds. The highest BCUT2D eigenvalue weighted by atomic mass is 16.2. The Morgan fingerprint density at radius 2 is 1.68 bits per heavy atom. The van der Waals surface area contributed by atoms with Gasteiger partial charge in [-0.2, -0.15) is 10.1 Å². The van der Waals surface area contributed by atoms with Crippen molar-refractivity contribution in [2.45, 2.75) is 6.92 Å². The van der Waals surface area contributed by atoms with E-state index in [1.54, 1.807) is 30.4 Å². The molecular weight excluding hydrogens is 276 g/mol. The maximum Gasteiger partial charge on any atom is 0.341 e. The van der Waals surface area contributed by atoms with Crippen molar-refractivity contribution in [2.75, 3.05) is 7.05 Å². The molecule has 0 fully saturated rings. The van der Waals surface area contributed by atoms with E-state index >= 15 is 0 Å². The number of hydrazone groups is 1. The number of urea groups is 1. The predicted molar refractivity (Wildman–Crippen MR) is 95.1 cm³/mol. The van der Waals surface area contributed by atoms with Crippen LogP contribution >= 0.6 is 0 Å². The first-order valence-corrected chi connectivity index (χ1v) is 6.63. The Morgan fingerprint density at radius 3 is 2.18 bits per heavy atom. The second kappa shape index (κ2) is 11.8. The maximum absolute atomic E-state index is 11.2. The molecule has 5 nitrogen and oxygen atoms in total. The minimum Gasteiger partial charge on any atom is -0.339 e. The monoisotopic (exact) mass is 298 g/mol. The SMILES string of the molecule is C=C/C=C\C(=C/C)NN=C(C=C)C=CC(C=C)=NC(=O)NC. The van der Waals surface area contributed by atoms with Crippen molar-refractivity contribution < 1.29 is 4.79 Å². The molecular formula is C17H22N4O. The highest BCUT2D eigenvalue weighted by molar-refractivity contribution is 6.13. The van der Waals surface area contributed by atoms with Crippen molar-refractivity contribution in [3.8, 4) is 0 Å². The van der Waals surface area contributed by atoms with Crippen LogP contribution in [0.1, 0.15) is 6.92 Å². The maximum atomic E-state index is 11.2. The number of aliphatic imine (C=N–C) groups is 1. The van der Waals surface area contributed by atoms with Crippen LogP contribution in [0.4, 0.5) is 4.79 Å². The van der Waals surface area contributed by atoms with Gasteiger partial charge in [-0.15, -0.1) is 0 Å². The second-order valence-corrected chi connectivity index (χ2v) is 3.82. The van der Waals surface area contributed by atoms with E-state index in [-0.39, 0.29) is 0 Å². The fourth-order valence-electron chi connectivity index (χ4n) is 1.14. The second-order valence-electron chi connectivity index (χ2n) is 3.82. The zero-order valence-electron chi connectivity index (χ0n) is 13.0. The average Bonchev–Trinajstić information content (AvgIpc) is 2.55. The molecule has 0 aliphatic rings. The molecule has 0 spiro atoms. The summed E-state index contributed by atoms with van der Waals surface area (Å²) in [6.07, 6.45) is 13.5. The zero-order valence-corrected chi connectivity index (χ0v) is 13.0. The fraction of sp³-hybridized carbons (Fsp3) is 0.118. The third-order valence-electron chi connectivity index (χ3n) is 2.32. The van der Waals surface area contributed by atoms with Crippen LogP contribution in [-0.2, 0) is 0 Å². The molecule has 0 aromatic heterocycles. The van der Waals surface area contributed by atoms with Gasteiger partial charge in [-0.1, -0.05) is 38.0 Å². The quantitative estimate of drug-likeness (QED) is 0.410. The van der Waals surface area contributed by atoms with E-state index in [1.165, 1.54) is 13.1 Å². The van der Waals surface area contributed by atoms with Gasteiger partial charge in [0.1, 0.15) is 0 Å². The van der Waals surface area contributed by atoms with Crippen LogP contribution in [0.15, 0.2) is 84.1 Å². The van der Waals surface area contributed by atoms with Gasteiger partial charge in [-0.3, -0.25) is 5.43 Å².